The molecule has 0 spiro atoms. The molecule has 0 amide bonds. The van der Waals surface area contributed by atoms with E-state index in [0.717, 1.165) is 6.54 Å². The Morgan fingerprint density at radius 1 is 1.38 bits per heavy atom. The van der Waals surface area contributed by atoms with E-state index in [0.29, 0.717) is 24.2 Å². The van der Waals surface area contributed by atoms with Crippen LogP contribution in [0, 0.1) is 0 Å². The molecule has 0 aliphatic rings. The lowest BCUT2D eigenvalue weighted by atomic mass is 10.1. The third kappa shape index (κ3) is 3.47. The average molecular weight is 221 g/mol. The second-order valence-electron chi connectivity index (χ2n) is 3.63. The minimum absolute atomic E-state index is 0.300. The number of hydrogen-bond donors (Lipinski definition) is 0. The third-order valence-electron chi connectivity index (χ3n) is 2.06. The Morgan fingerprint density at radius 2 is 2.06 bits per heavy atom. The number of ketones is 1. The summed E-state index contributed by atoms with van der Waals surface area (Å²) in [5, 5.41) is 0. The summed E-state index contributed by atoms with van der Waals surface area (Å²) in [4.78, 5) is 23.7. The van der Waals surface area contributed by atoms with Gasteiger partial charge in [0.25, 0.3) is 0 Å². The minimum atomic E-state index is -0.555. The van der Waals surface area contributed by atoms with Crippen LogP contribution >= 0.6 is 0 Å². The molecule has 0 fully saturated rings. The van der Waals surface area contributed by atoms with Gasteiger partial charge in [-0.2, -0.15) is 0 Å². The molecule has 1 aromatic carbocycles. The zero-order valence-electron chi connectivity index (χ0n) is 9.47. The summed E-state index contributed by atoms with van der Waals surface area (Å²) in [7, 11) is 3.87. The first-order valence-corrected chi connectivity index (χ1v) is 5.01. The van der Waals surface area contributed by atoms with Crippen LogP contribution in [0.5, 0.6) is 5.75 Å². The Bertz CT molecular complexity index is 374. The maximum Gasteiger partial charge on any atom is 0.229 e. The van der Waals surface area contributed by atoms with Crippen molar-refractivity contribution in [2.45, 2.75) is 0 Å². The highest BCUT2D eigenvalue weighted by atomic mass is 16.5. The van der Waals surface area contributed by atoms with E-state index >= 15 is 0 Å². The quantitative estimate of drug-likeness (QED) is 0.408. The SMILES string of the molecule is CN(C)CCOc1ccccc1C(=O)C=O. The molecule has 86 valence electrons. The van der Waals surface area contributed by atoms with Crippen LogP contribution in [0.25, 0.3) is 0 Å². The largest absolute Gasteiger partial charge is 0.491 e. The van der Waals surface area contributed by atoms with Gasteiger partial charge in [-0.25, -0.2) is 0 Å². The number of nitrogens with zero attached hydrogens (tertiary/aromatic N) is 1. The van der Waals surface area contributed by atoms with Gasteiger partial charge < -0.3 is 9.64 Å². The maximum absolute atomic E-state index is 11.3. The van der Waals surface area contributed by atoms with E-state index in [1.165, 1.54) is 0 Å². The van der Waals surface area contributed by atoms with Gasteiger partial charge in [0.1, 0.15) is 12.4 Å². The monoisotopic (exact) mass is 221 g/mol. The van der Waals surface area contributed by atoms with Crippen LogP contribution < -0.4 is 4.74 Å². The van der Waals surface area contributed by atoms with Crippen molar-refractivity contribution < 1.29 is 14.3 Å². The van der Waals surface area contributed by atoms with E-state index in [1.54, 1.807) is 24.3 Å². The van der Waals surface area contributed by atoms with Crippen molar-refractivity contribution in [3.63, 3.8) is 0 Å². The topological polar surface area (TPSA) is 46.6 Å². The molecule has 0 atom stereocenters. The number of hydrogen-bond acceptors (Lipinski definition) is 4. The van der Waals surface area contributed by atoms with Crippen molar-refractivity contribution in [1.29, 1.82) is 0 Å². The van der Waals surface area contributed by atoms with Gasteiger partial charge in [-0.1, -0.05) is 12.1 Å². The molecule has 0 aliphatic carbocycles. The lowest BCUT2D eigenvalue weighted by Crippen LogP contribution is -2.20. The van der Waals surface area contributed by atoms with Crippen molar-refractivity contribution >= 4 is 12.1 Å². The zero-order valence-corrected chi connectivity index (χ0v) is 9.47. The Labute approximate surface area is 94.8 Å². The Kier molecular flexibility index (Phi) is 4.66. The van der Waals surface area contributed by atoms with Crippen LogP contribution in [0.2, 0.25) is 0 Å². The molecule has 0 aliphatic heterocycles. The van der Waals surface area contributed by atoms with Gasteiger partial charge in [-0.3, -0.25) is 9.59 Å². The molecule has 16 heavy (non-hydrogen) atoms. The Balaban J connectivity index is 2.71. The predicted molar refractivity (Wildman–Crippen MR) is 60.9 cm³/mol. The minimum Gasteiger partial charge on any atom is -0.491 e. The van der Waals surface area contributed by atoms with E-state index in [1.807, 2.05) is 19.0 Å². The molecule has 4 heteroatoms. The first kappa shape index (κ1) is 12.4. The van der Waals surface area contributed by atoms with Gasteiger partial charge in [-0.05, 0) is 26.2 Å². The number of para-hydroxylation sites is 1. The van der Waals surface area contributed by atoms with Crippen LogP contribution in [0.15, 0.2) is 24.3 Å². The smallest absolute Gasteiger partial charge is 0.229 e. The second-order valence-corrected chi connectivity index (χ2v) is 3.63. The van der Waals surface area contributed by atoms with Gasteiger partial charge in [-0.15, -0.1) is 0 Å². The van der Waals surface area contributed by atoms with E-state index in [-0.39, 0.29) is 0 Å². The van der Waals surface area contributed by atoms with Gasteiger partial charge in [0.05, 0.1) is 5.56 Å². The molecule has 1 aromatic rings. The number of Topliss-reactive ketones (excluding diaryl/α,β-unsaturated/α-hetero) is 1. The fourth-order valence-corrected chi connectivity index (χ4v) is 1.20. The number of rotatable bonds is 6. The van der Waals surface area contributed by atoms with E-state index in [9.17, 15) is 9.59 Å². The lowest BCUT2D eigenvalue weighted by Gasteiger charge is -2.12. The Morgan fingerprint density at radius 3 is 2.69 bits per heavy atom. The molecule has 0 heterocycles. The number of ether oxygens (including phenoxy) is 1. The predicted octanol–water partition coefficient (Wildman–Crippen LogP) is 1.01. The fraction of sp³-hybridized carbons (Fsp3) is 0.333. The highest BCUT2D eigenvalue weighted by Crippen LogP contribution is 2.17. The summed E-state index contributed by atoms with van der Waals surface area (Å²) >= 11 is 0. The highest BCUT2D eigenvalue weighted by Gasteiger charge is 2.10. The molecule has 0 saturated carbocycles. The van der Waals surface area contributed by atoms with Crippen LogP contribution in [0.4, 0.5) is 0 Å². The molecule has 0 saturated heterocycles. The van der Waals surface area contributed by atoms with Crippen LogP contribution in [0.1, 0.15) is 10.4 Å². The second kappa shape index (κ2) is 6.02. The van der Waals surface area contributed by atoms with Crippen molar-refractivity contribution in [2.75, 3.05) is 27.2 Å². The van der Waals surface area contributed by atoms with Gasteiger partial charge in [0.15, 0.2) is 6.29 Å². The van der Waals surface area contributed by atoms with Crippen molar-refractivity contribution in [3.8, 4) is 5.75 Å². The molecular formula is C12H15NO3. The number of likely N-dealkylation sites (N-methyl/N-ethyl adjacent to an activating group) is 1. The van der Waals surface area contributed by atoms with E-state index < -0.39 is 5.78 Å². The normalized spacial score (nSPS) is 10.2. The van der Waals surface area contributed by atoms with E-state index in [2.05, 4.69) is 0 Å². The highest BCUT2D eigenvalue weighted by molar-refractivity contribution is 6.34. The summed E-state index contributed by atoms with van der Waals surface area (Å²) in [6, 6.07) is 6.75. The average Bonchev–Trinajstić information content (AvgIpc) is 2.28. The molecule has 1 rings (SSSR count). The summed E-state index contributed by atoms with van der Waals surface area (Å²) in [6.45, 7) is 1.24. The summed E-state index contributed by atoms with van der Waals surface area (Å²) in [6.07, 6.45) is 0.300. The molecule has 0 radical (unpaired) electrons. The summed E-state index contributed by atoms with van der Waals surface area (Å²) in [5.41, 5.74) is 0.316. The molecule has 0 unspecified atom stereocenters. The number of benzene rings is 1. The standard InChI is InChI=1S/C12H15NO3/c1-13(2)7-8-16-12-6-4-3-5-10(12)11(15)9-14/h3-6,9H,7-8H2,1-2H3. The van der Waals surface area contributed by atoms with Gasteiger partial charge >= 0.3 is 0 Å². The summed E-state index contributed by atoms with van der Waals surface area (Å²) < 4.78 is 5.45. The molecule has 4 nitrogen and oxygen atoms in total. The number of aldehydes is 1. The van der Waals surface area contributed by atoms with Crippen molar-refractivity contribution in [1.82, 2.24) is 4.90 Å². The van der Waals surface area contributed by atoms with Gasteiger partial charge in [0, 0.05) is 6.54 Å². The maximum atomic E-state index is 11.3. The molecule has 0 N–H and O–H groups in total. The fourth-order valence-electron chi connectivity index (χ4n) is 1.20. The molecule has 0 aromatic heterocycles. The Hall–Kier alpha value is -1.68. The first-order valence-electron chi connectivity index (χ1n) is 5.01. The molecule has 0 bridgehead atoms. The number of carbonyl (C=O) groups excluding carboxylic acids is 2. The zero-order chi connectivity index (χ0) is 12.0. The van der Waals surface area contributed by atoms with Crippen LogP contribution in [-0.4, -0.2) is 44.2 Å². The van der Waals surface area contributed by atoms with Crippen LogP contribution in [0.3, 0.4) is 0 Å². The first-order chi connectivity index (χ1) is 7.65. The summed E-state index contributed by atoms with van der Waals surface area (Å²) in [5.74, 6) is -0.0955. The lowest BCUT2D eigenvalue weighted by molar-refractivity contribution is -0.104. The van der Waals surface area contributed by atoms with E-state index in [4.69, 9.17) is 4.74 Å². The van der Waals surface area contributed by atoms with Crippen LogP contribution in [-0.2, 0) is 4.79 Å². The van der Waals surface area contributed by atoms with Crippen molar-refractivity contribution in [3.05, 3.63) is 29.8 Å². The third-order valence-corrected chi connectivity index (χ3v) is 2.06. The van der Waals surface area contributed by atoms with Crippen molar-refractivity contribution in [2.24, 2.45) is 0 Å². The molecular weight excluding hydrogens is 206 g/mol. The number of carbonyl (C=O) groups is 2. The van der Waals surface area contributed by atoms with Gasteiger partial charge in [0.2, 0.25) is 5.78 Å².